The van der Waals surface area contributed by atoms with Crippen LogP contribution in [0.3, 0.4) is 0 Å². The largest absolute Gasteiger partial charge is 0.496 e. The summed E-state index contributed by atoms with van der Waals surface area (Å²) < 4.78 is 5.27. The Bertz CT molecular complexity index is 407. The van der Waals surface area contributed by atoms with E-state index in [2.05, 4.69) is 0 Å². The molecule has 2 amide bonds. The van der Waals surface area contributed by atoms with Gasteiger partial charge in [-0.2, -0.15) is 0 Å². The second-order valence-electron chi connectivity index (χ2n) is 3.61. The Morgan fingerprint density at radius 3 is 2.69 bits per heavy atom. The zero-order valence-electron chi connectivity index (χ0n) is 9.58. The summed E-state index contributed by atoms with van der Waals surface area (Å²) in [5.41, 5.74) is 6.94. The van der Waals surface area contributed by atoms with Crippen LogP contribution in [0, 0.1) is 6.92 Å². The fourth-order valence-electron chi connectivity index (χ4n) is 1.54. The highest BCUT2D eigenvalue weighted by molar-refractivity contribution is 6.30. The lowest BCUT2D eigenvalue weighted by Gasteiger charge is -2.18. The van der Waals surface area contributed by atoms with Gasteiger partial charge in [0.1, 0.15) is 5.75 Å². The van der Waals surface area contributed by atoms with Crippen LogP contribution in [0.5, 0.6) is 5.75 Å². The molecule has 0 spiro atoms. The topological polar surface area (TPSA) is 55.6 Å². The number of methoxy groups -OCH3 is 1. The number of urea groups is 1. The summed E-state index contributed by atoms with van der Waals surface area (Å²) in [6, 6.07) is 3.10. The molecule has 0 heterocycles. The van der Waals surface area contributed by atoms with Gasteiger partial charge < -0.3 is 15.4 Å². The van der Waals surface area contributed by atoms with Gasteiger partial charge >= 0.3 is 6.03 Å². The molecule has 0 aromatic heterocycles. The number of primary amides is 1. The molecule has 0 saturated carbocycles. The number of halogens is 1. The molecule has 1 aromatic carbocycles. The molecule has 0 fully saturated rings. The number of aryl methyl sites for hydroxylation is 1. The Morgan fingerprint density at radius 2 is 2.19 bits per heavy atom. The minimum absolute atomic E-state index is 0.375. The SMILES string of the molecule is COc1c(C)cc(Cl)cc1CN(C)C(N)=O. The maximum Gasteiger partial charge on any atom is 0.314 e. The first-order chi connectivity index (χ1) is 7.45. The van der Waals surface area contributed by atoms with E-state index in [1.807, 2.05) is 13.0 Å². The van der Waals surface area contributed by atoms with Crippen LogP contribution in [0.25, 0.3) is 0 Å². The zero-order valence-corrected chi connectivity index (χ0v) is 10.3. The van der Waals surface area contributed by atoms with Crippen molar-refractivity contribution in [2.45, 2.75) is 13.5 Å². The maximum atomic E-state index is 10.9. The van der Waals surface area contributed by atoms with Crippen molar-refractivity contribution < 1.29 is 9.53 Å². The first kappa shape index (κ1) is 12.6. The van der Waals surface area contributed by atoms with E-state index >= 15 is 0 Å². The van der Waals surface area contributed by atoms with Crippen LogP contribution < -0.4 is 10.5 Å². The number of hydrogen-bond acceptors (Lipinski definition) is 2. The molecular formula is C11H15ClN2O2. The standard InChI is InChI=1S/C11H15ClN2O2/c1-7-4-9(12)5-8(10(7)16-3)6-14(2)11(13)15/h4-5H,6H2,1-3H3,(H2,13,15). The maximum absolute atomic E-state index is 10.9. The Morgan fingerprint density at radius 1 is 1.56 bits per heavy atom. The summed E-state index contributed by atoms with van der Waals surface area (Å²) >= 11 is 5.95. The second kappa shape index (κ2) is 5.07. The van der Waals surface area contributed by atoms with Crippen molar-refractivity contribution in [1.82, 2.24) is 4.90 Å². The van der Waals surface area contributed by atoms with Gasteiger partial charge in [0.05, 0.1) is 13.7 Å². The lowest BCUT2D eigenvalue weighted by molar-refractivity contribution is 0.216. The molecular weight excluding hydrogens is 228 g/mol. The lowest BCUT2D eigenvalue weighted by atomic mass is 10.1. The van der Waals surface area contributed by atoms with Crippen LogP contribution in [0.4, 0.5) is 4.79 Å². The first-order valence-corrected chi connectivity index (χ1v) is 5.17. The van der Waals surface area contributed by atoms with Gasteiger partial charge in [0.15, 0.2) is 0 Å². The minimum atomic E-state index is -0.486. The molecule has 2 N–H and O–H groups in total. The molecule has 16 heavy (non-hydrogen) atoms. The molecule has 1 rings (SSSR count). The minimum Gasteiger partial charge on any atom is -0.496 e. The third kappa shape index (κ3) is 2.79. The molecule has 0 saturated heterocycles. The van der Waals surface area contributed by atoms with Crippen molar-refractivity contribution in [2.75, 3.05) is 14.2 Å². The van der Waals surface area contributed by atoms with Gasteiger partial charge in [-0.15, -0.1) is 0 Å². The molecule has 0 aliphatic carbocycles. The predicted molar refractivity (Wildman–Crippen MR) is 63.8 cm³/mol. The van der Waals surface area contributed by atoms with Gasteiger partial charge in [-0.25, -0.2) is 4.79 Å². The van der Waals surface area contributed by atoms with Gasteiger partial charge in [0.2, 0.25) is 0 Å². The van der Waals surface area contributed by atoms with Crippen LogP contribution in [0.1, 0.15) is 11.1 Å². The summed E-state index contributed by atoms with van der Waals surface area (Å²) in [4.78, 5) is 12.3. The van der Waals surface area contributed by atoms with E-state index in [-0.39, 0.29) is 0 Å². The average Bonchev–Trinajstić information content (AvgIpc) is 2.16. The Labute approximate surface area is 99.9 Å². The summed E-state index contributed by atoms with van der Waals surface area (Å²) in [6.07, 6.45) is 0. The number of carbonyl (C=O) groups excluding carboxylic acids is 1. The number of nitrogens with two attached hydrogens (primary N) is 1. The quantitative estimate of drug-likeness (QED) is 0.883. The van der Waals surface area contributed by atoms with Gasteiger partial charge in [0.25, 0.3) is 0 Å². The van der Waals surface area contributed by atoms with Crippen molar-refractivity contribution in [3.8, 4) is 5.75 Å². The second-order valence-corrected chi connectivity index (χ2v) is 4.05. The molecule has 0 radical (unpaired) electrons. The van der Waals surface area contributed by atoms with Crippen molar-refractivity contribution in [1.29, 1.82) is 0 Å². The molecule has 0 bridgehead atoms. The smallest absolute Gasteiger partial charge is 0.314 e. The Kier molecular flexibility index (Phi) is 4.01. The molecule has 0 unspecified atom stereocenters. The van der Waals surface area contributed by atoms with Crippen molar-refractivity contribution in [3.05, 3.63) is 28.3 Å². The summed E-state index contributed by atoms with van der Waals surface area (Å²) in [7, 11) is 3.21. The van der Waals surface area contributed by atoms with Crippen molar-refractivity contribution in [2.24, 2.45) is 5.73 Å². The third-order valence-corrected chi connectivity index (χ3v) is 2.52. The van der Waals surface area contributed by atoms with Crippen molar-refractivity contribution >= 4 is 17.6 Å². The predicted octanol–water partition coefficient (Wildman–Crippen LogP) is 2.17. The van der Waals surface area contributed by atoms with E-state index in [4.69, 9.17) is 22.1 Å². The monoisotopic (exact) mass is 242 g/mol. The number of nitrogens with zero attached hydrogens (tertiary/aromatic N) is 1. The van der Waals surface area contributed by atoms with E-state index < -0.39 is 6.03 Å². The highest BCUT2D eigenvalue weighted by atomic mass is 35.5. The third-order valence-electron chi connectivity index (χ3n) is 2.30. The summed E-state index contributed by atoms with van der Waals surface area (Å²) in [5.74, 6) is 0.734. The molecule has 0 aliphatic rings. The van der Waals surface area contributed by atoms with Crippen LogP contribution in [0.2, 0.25) is 5.02 Å². The molecule has 0 aliphatic heterocycles. The molecule has 1 aromatic rings. The zero-order chi connectivity index (χ0) is 12.3. The van der Waals surface area contributed by atoms with Crippen LogP contribution in [-0.4, -0.2) is 25.1 Å². The van der Waals surface area contributed by atoms with Crippen molar-refractivity contribution in [3.63, 3.8) is 0 Å². The summed E-state index contributed by atoms with van der Waals surface area (Å²) in [6.45, 7) is 2.28. The average molecular weight is 243 g/mol. The fraction of sp³-hybridized carbons (Fsp3) is 0.364. The normalized spacial score (nSPS) is 10.0. The number of hydrogen-bond donors (Lipinski definition) is 1. The van der Waals surface area contributed by atoms with Crippen LogP contribution in [-0.2, 0) is 6.54 Å². The van der Waals surface area contributed by atoms with Gasteiger partial charge in [0, 0.05) is 17.6 Å². The number of carbonyl (C=O) groups is 1. The molecule has 0 atom stereocenters. The van der Waals surface area contributed by atoms with E-state index in [1.165, 1.54) is 4.90 Å². The number of amides is 2. The highest BCUT2D eigenvalue weighted by Gasteiger charge is 2.12. The summed E-state index contributed by atoms with van der Waals surface area (Å²) in [5, 5.41) is 0.617. The number of benzene rings is 1. The Balaban J connectivity index is 3.07. The van der Waals surface area contributed by atoms with E-state index in [0.29, 0.717) is 11.6 Å². The Hall–Kier alpha value is -1.42. The molecule has 88 valence electrons. The number of rotatable bonds is 3. The van der Waals surface area contributed by atoms with Crippen LogP contribution in [0.15, 0.2) is 12.1 Å². The van der Waals surface area contributed by atoms with E-state index in [1.54, 1.807) is 20.2 Å². The van der Waals surface area contributed by atoms with Gasteiger partial charge in [-0.1, -0.05) is 11.6 Å². The van der Waals surface area contributed by atoms with Gasteiger partial charge in [-0.05, 0) is 24.6 Å². The molecule has 4 nitrogen and oxygen atoms in total. The van der Waals surface area contributed by atoms with Gasteiger partial charge in [-0.3, -0.25) is 0 Å². The molecule has 5 heteroatoms. The van der Waals surface area contributed by atoms with Crippen LogP contribution >= 0.6 is 11.6 Å². The van der Waals surface area contributed by atoms with E-state index in [0.717, 1.165) is 16.9 Å². The number of ether oxygens (including phenoxy) is 1. The fourth-order valence-corrected chi connectivity index (χ4v) is 1.84. The first-order valence-electron chi connectivity index (χ1n) is 4.79. The highest BCUT2D eigenvalue weighted by Crippen LogP contribution is 2.28. The lowest BCUT2D eigenvalue weighted by Crippen LogP contribution is -2.31. The van der Waals surface area contributed by atoms with E-state index in [9.17, 15) is 4.79 Å².